The Morgan fingerprint density at radius 1 is 0.767 bits per heavy atom. The Labute approximate surface area is 167 Å². The summed E-state index contributed by atoms with van der Waals surface area (Å²) in [7, 11) is 0. The number of hydrogen-bond acceptors (Lipinski definition) is 3. The standard InChI is InChI=1S/C17H8F6N4O.C2H6/c18-16(19,20)13-5-11(3-1-9(13)7-24)26-15(28)27-12-4-2-10(8-25)14(6-12)17(21,22)23;1-2/h1-6H,(H2,26,27,28);1-2H3. The van der Waals surface area contributed by atoms with Crippen LogP contribution in [0.2, 0.25) is 0 Å². The number of benzene rings is 2. The van der Waals surface area contributed by atoms with Gasteiger partial charge in [0, 0.05) is 11.4 Å². The maximum atomic E-state index is 12.9. The highest BCUT2D eigenvalue weighted by Crippen LogP contribution is 2.34. The molecule has 158 valence electrons. The fourth-order valence-corrected chi connectivity index (χ4v) is 2.20. The quantitative estimate of drug-likeness (QED) is 0.564. The van der Waals surface area contributed by atoms with Crippen molar-refractivity contribution in [1.82, 2.24) is 0 Å². The van der Waals surface area contributed by atoms with Gasteiger partial charge in [-0.05, 0) is 36.4 Å². The van der Waals surface area contributed by atoms with Crippen molar-refractivity contribution in [3.63, 3.8) is 0 Å². The van der Waals surface area contributed by atoms with Crippen molar-refractivity contribution in [1.29, 1.82) is 10.5 Å². The summed E-state index contributed by atoms with van der Waals surface area (Å²) in [6.07, 6.45) is -9.68. The minimum absolute atomic E-state index is 0.325. The van der Waals surface area contributed by atoms with E-state index in [4.69, 9.17) is 10.5 Å². The van der Waals surface area contributed by atoms with Crippen LogP contribution < -0.4 is 10.6 Å². The van der Waals surface area contributed by atoms with Crippen LogP contribution in [0.1, 0.15) is 36.1 Å². The first-order valence-corrected chi connectivity index (χ1v) is 8.26. The molecule has 0 aromatic heterocycles. The molecule has 2 amide bonds. The molecule has 2 aromatic rings. The Morgan fingerprint density at radius 3 is 1.37 bits per heavy atom. The highest BCUT2D eigenvalue weighted by atomic mass is 19.4. The van der Waals surface area contributed by atoms with Gasteiger partial charge in [-0.1, -0.05) is 13.8 Å². The van der Waals surface area contributed by atoms with Crippen molar-refractivity contribution < 1.29 is 31.1 Å². The second-order valence-electron chi connectivity index (χ2n) is 5.32. The lowest BCUT2D eigenvalue weighted by molar-refractivity contribution is -0.138. The van der Waals surface area contributed by atoms with Crippen LogP contribution in [0.15, 0.2) is 36.4 Å². The summed E-state index contributed by atoms with van der Waals surface area (Å²) in [6, 6.07) is 6.45. The molecule has 0 saturated heterocycles. The van der Waals surface area contributed by atoms with Gasteiger partial charge in [0.1, 0.15) is 0 Å². The number of nitrogens with one attached hydrogen (secondary N) is 2. The van der Waals surface area contributed by atoms with Gasteiger partial charge in [-0.2, -0.15) is 36.9 Å². The normalized spacial score (nSPS) is 10.7. The molecule has 0 saturated carbocycles. The molecule has 5 nitrogen and oxygen atoms in total. The molecular formula is C19H14F6N4O. The number of urea groups is 1. The van der Waals surface area contributed by atoms with E-state index in [0.29, 0.717) is 12.1 Å². The lowest BCUT2D eigenvalue weighted by atomic mass is 10.1. The minimum atomic E-state index is -4.84. The molecule has 11 heteroatoms. The molecule has 30 heavy (non-hydrogen) atoms. The number of amides is 2. The van der Waals surface area contributed by atoms with E-state index in [9.17, 15) is 31.1 Å². The first kappa shape index (κ1) is 24.3. The molecule has 2 rings (SSSR count). The van der Waals surface area contributed by atoms with Gasteiger partial charge in [-0.3, -0.25) is 0 Å². The van der Waals surface area contributed by atoms with Crippen molar-refractivity contribution >= 4 is 17.4 Å². The van der Waals surface area contributed by atoms with Crippen LogP contribution in [0, 0.1) is 22.7 Å². The van der Waals surface area contributed by atoms with Gasteiger partial charge >= 0.3 is 18.4 Å². The third-order valence-electron chi connectivity index (χ3n) is 3.41. The Hall–Kier alpha value is -3.73. The molecule has 0 fully saturated rings. The summed E-state index contributed by atoms with van der Waals surface area (Å²) in [5, 5.41) is 21.5. The summed E-state index contributed by atoms with van der Waals surface area (Å²) in [6.45, 7) is 4.00. The number of carbonyl (C=O) groups excluding carboxylic acids is 1. The molecule has 0 bridgehead atoms. The molecule has 0 radical (unpaired) electrons. The van der Waals surface area contributed by atoms with E-state index in [-0.39, 0.29) is 11.4 Å². The lowest BCUT2D eigenvalue weighted by Gasteiger charge is -2.13. The maximum Gasteiger partial charge on any atom is 0.417 e. The Morgan fingerprint density at radius 2 is 1.10 bits per heavy atom. The van der Waals surface area contributed by atoms with Crippen LogP contribution in [-0.4, -0.2) is 6.03 Å². The SMILES string of the molecule is CC.N#Cc1ccc(NC(=O)Nc2ccc(C#N)c(C(F)(F)F)c2)cc1C(F)(F)F. The number of nitriles is 2. The highest BCUT2D eigenvalue weighted by molar-refractivity contribution is 6.00. The molecule has 0 aliphatic rings. The summed E-state index contributed by atoms with van der Waals surface area (Å²) in [5.41, 5.74) is -4.50. The van der Waals surface area contributed by atoms with Crippen molar-refractivity contribution in [3.8, 4) is 12.1 Å². The van der Waals surface area contributed by atoms with Gasteiger partial charge in [0.15, 0.2) is 0 Å². The molecule has 0 unspecified atom stereocenters. The molecule has 0 aliphatic heterocycles. The molecule has 0 spiro atoms. The van der Waals surface area contributed by atoms with E-state index in [2.05, 4.69) is 0 Å². The van der Waals surface area contributed by atoms with Crippen LogP contribution in [0.3, 0.4) is 0 Å². The average Bonchev–Trinajstić information content (AvgIpc) is 2.68. The molecule has 0 aliphatic carbocycles. The van der Waals surface area contributed by atoms with E-state index >= 15 is 0 Å². The summed E-state index contributed by atoms with van der Waals surface area (Å²) >= 11 is 0. The van der Waals surface area contributed by atoms with Gasteiger partial charge in [0.2, 0.25) is 0 Å². The topological polar surface area (TPSA) is 88.7 Å². The molecule has 2 N–H and O–H groups in total. The van der Waals surface area contributed by atoms with E-state index in [1.165, 1.54) is 12.1 Å². The van der Waals surface area contributed by atoms with Crippen LogP contribution in [0.4, 0.5) is 42.5 Å². The number of carbonyl (C=O) groups is 1. The maximum absolute atomic E-state index is 12.9. The van der Waals surface area contributed by atoms with Gasteiger partial charge < -0.3 is 10.6 Å². The number of anilines is 2. The molecule has 0 atom stereocenters. The average molecular weight is 428 g/mol. The highest BCUT2D eigenvalue weighted by Gasteiger charge is 2.35. The van der Waals surface area contributed by atoms with Crippen molar-refractivity contribution in [2.45, 2.75) is 26.2 Å². The van der Waals surface area contributed by atoms with E-state index in [1.54, 1.807) is 0 Å². The van der Waals surface area contributed by atoms with Crippen molar-refractivity contribution in [3.05, 3.63) is 58.7 Å². The Kier molecular flexibility index (Phi) is 7.82. The molecule has 2 aromatic carbocycles. The second-order valence-corrected chi connectivity index (χ2v) is 5.32. The smallest absolute Gasteiger partial charge is 0.308 e. The molecular weight excluding hydrogens is 414 g/mol. The van der Waals surface area contributed by atoms with Gasteiger partial charge in [-0.25, -0.2) is 4.79 Å². The summed E-state index contributed by atoms with van der Waals surface area (Å²) in [5.74, 6) is 0. The predicted octanol–water partition coefficient (Wildman–Crippen LogP) is 6.14. The van der Waals surface area contributed by atoms with Gasteiger partial charge in [0.05, 0.1) is 34.4 Å². The Balaban J connectivity index is 0.00000218. The zero-order valence-electron chi connectivity index (χ0n) is 15.5. The van der Waals surface area contributed by atoms with E-state index in [0.717, 1.165) is 24.3 Å². The Bertz CT molecular complexity index is 921. The van der Waals surface area contributed by atoms with Crippen LogP contribution >= 0.6 is 0 Å². The van der Waals surface area contributed by atoms with E-state index < -0.39 is 40.6 Å². The summed E-state index contributed by atoms with van der Waals surface area (Å²) in [4.78, 5) is 11.9. The number of nitrogens with zero attached hydrogens (tertiary/aromatic N) is 2. The van der Waals surface area contributed by atoms with Crippen LogP contribution in [0.25, 0.3) is 0 Å². The van der Waals surface area contributed by atoms with Crippen molar-refractivity contribution in [2.24, 2.45) is 0 Å². The predicted molar refractivity (Wildman–Crippen MR) is 96.3 cm³/mol. The number of halogens is 6. The first-order valence-electron chi connectivity index (χ1n) is 8.26. The van der Waals surface area contributed by atoms with Gasteiger partial charge in [0.25, 0.3) is 0 Å². The number of rotatable bonds is 2. The monoisotopic (exact) mass is 428 g/mol. The third-order valence-corrected chi connectivity index (χ3v) is 3.41. The largest absolute Gasteiger partial charge is 0.417 e. The lowest BCUT2D eigenvalue weighted by Crippen LogP contribution is -2.20. The van der Waals surface area contributed by atoms with Crippen molar-refractivity contribution in [2.75, 3.05) is 10.6 Å². The number of hydrogen-bond donors (Lipinski definition) is 2. The fourth-order valence-electron chi connectivity index (χ4n) is 2.20. The fraction of sp³-hybridized carbons (Fsp3) is 0.211. The van der Waals surface area contributed by atoms with Crippen LogP contribution in [-0.2, 0) is 12.4 Å². The third kappa shape index (κ3) is 6.14. The zero-order valence-corrected chi connectivity index (χ0v) is 15.5. The second kappa shape index (κ2) is 9.65. The minimum Gasteiger partial charge on any atom is -0.308 e. The van der Waals surface area contributed by atoms with Crippen LogP contribution in [0.5, 0.6) is 0 Å². The van der Waals surface area contributed by atoms with Gasteiger partial charge in [-0.15, -0.1) is 0 Å². The first-order chi connectivity index (χ1) is 14.0. The number of alkyl halides is 6. The molecule has 0 heterocycles. The summed E-state index contributed by atoms with van der Waals surface area (Å²) < 4.78 is 77.5. The zero-order chi connectivity index (χ0) is 23.1. The van der Waals surface area contributed by atoms with E-state index in [1.807, 2.05) is 24.5 Å².